The zero-order chi connectivity index (χ0) is 29.5. The Morgan fingerprint density at radius 2 is 2.00 bits per heavy atom. The van der Waals surface area contributed by atoms with Gasteiger partial charge in [0.2, 0.25) is 11.8 Å². The Kier molecular flexibility index (Phi) is 7.78. The van der Waals surface area contributed by atoms with Gasteiger partial charge in [-0.2, -0.15) is 13.2 Å². The van der Waals surface area contributed by atoms with Crippen LogP contribution < -0.4 is 15.0 Å². The van der Waals surface area contributed by atoms with Crippen LogP contribution in [0.15, 0.2) is 48.7 Å². The summed E-state index contributed by atoms with van der Waals surface area (Å²) >= 11 is 5.94. The van der Waals surface area contributed by atoms with Crippen molar-refractivity contribution in [3.05, 3.63) is 70.5 Å². The van der Waals surface area contributed by atoms with Gasteiger partial charge in [0.05, 0.1) is 41.7 Å². The molecule has 3 aliphatic heterocycles. The van der Waals surface area contributed by atoms with Crippen LogP contribution in [0, 0.1) is 0 Å². The third-order valence-corrected chi connectivity index (χ3v) is 8.94. The molecule has 1 atom stereocenters. The first-order valence-electron chi connectivity index (χ1n) is 14.4. The molecular formula is C31H33ClF3N5O2. The van der Waals surface area contributed by atoms with Crippen LogP contribution in [0.2, 0.25) is 5.02 Å². The number of halogens is 4. The third kappa shape index (κ3) is 5.42. The highest BCUT2D eigenvalue weighted by atomic mass is 35.5. The SMILES string of the molecule is CCOc1ncccc1-c1ccc2c(n1)CN(C(=O)[C@H]1CCCN1)CC21CCN(c2ccc(Cl)cc2C(F)(F)F)CC1. The summed E-state index contributed by atoms with van der Waals surface area (Å²) in [7, 11) is 0. The maximum absolute atomic E-state index is 13.9. The van der Waals surface area contributed by atoms with E-state index in [4.69, 9.17) is 21.3 Å². The van der Waals surface area contributed by atoms with E-state index < -0.39 is 17.2 Å². The lowest BCUT2D eigenvalue weighted by molar-refractivity contribution is -0.137. The van der Waals surface area contributed by atoms with Crippen molar-refractivity contribution in [1.82, 2.24) is 20.2 Å². The maximum Gasteiger partial charge on any atom is 0.418 e. The molecule has 11 heteroatoms. The number of nitrogens with one attached hydrogen (secondary N) is 1. The number of hydrogen-bond donors (Lipinski definition) is 1. The number of rotatable bonds is 5. The summed E-state index contributed by atoms with van der Waals surface area (Å²) in [6.07, 6.45) is 0.0699. The predicted octanol–water partition coefficient (Wildman–Crippen LogP) is 5.85. The van der Waals surface area contributed by atoms with Crippen molar-refractivity contribution in [3.8, 4) is 17.1 Å². The molecule has 5 heterocycles. The fraction of sp³-hybridized carbons (Fsp3) is 0.452. The Morgan fingerprint density at radius 1 is 1.19 bits per heavy atom. The second-order valence-corrected chi connectivity index (χ2v) is 11.7. The van der Waals surface area contributed by atoms with Gasteiger partial charge in [-0.05, 0) is 81.1 Å². The van der Waals surface area contributed by atoms with E-state index in [1.54, 1.807) is 11.1 Å². The van der Waals surface area contributed by atoms with Gasteiger partial charge < -0.3 is 19.9 Å². The average molecular weight is 600 g/mol. The molecular weight excluding hydrogens is 567 g/mol. The molecule has 0 unspecified atom stereocenters. The minimum absolute atomic E-state index is 0.0541. The topological polar surface area (TPSA) is 70.6 Å². The Hall–Kier alpha value is -3.37. The van der Waals surface area contributed by atoms with Crippen LogP contribution in [0.1, 0.15) is 49.4 Å². The summed E-state index contributed by atoms with van der Waals surface area (Å²) in [5, 5.41) is 3.37. The van der Waals surface area contributed by atoms with Gasteiger partial charge in [-0.15, -0.1) is 0 Å². The van der Waals surface area contributed by atoms with Crippen LogP contribution in [0.5, 0.6) is 5.88 Å². The normalized spacial score (nSPS) is 20.1. The quantitative estimate of drug-likeness (QED) is 0.397. The van der Waals surface area contributed by atoms with Crippen LogP contribution >= 0.6 is 11.6 Å². The second kappa shape index (κ2) is 11.4. The van der Waals surface area contributed by atoms with Crippen molar-refractivity contribution < 1.29 is 22.7 Å². The summed E-state index contributed by atoms with van der Waals surface area (Å²) in [6, 6.07) is 11.5. The number of pyridine rings is 2. The summed E-state index contributed by atoms with van der Waals surface area (Å²) in [5.74, 6) is 0.554. The lowest BCUT2D eigenvalue weighted by atomic mass is 9.69. The summed E-state index contributed by atoms with van der Waals surface area (Å²) < 4.78 is 47.5. The highest BCUT2D eigenvalue weighted by molar-refractivity contribution is 6.30. The first kappa shape index (κ1) is 28.7. The number of ether oxygens (including phenoxy) is 1. The van der Waals surface area contributed by atoms with Gasteiger partial charge in [-0.1, -0.05) is 17.7 Å². The van der Waals surface area contributed by atoms with Crippen molar-refractivity contribution in [2.45, 2.75) is 56.8 Å². The molecule has 3 aliphatic rings. The molecule has 0 radical (unpaired) electrons. The Balaban J connectivity index is 1.35. The molecule has 1 aromatic carbocycles. The fourth-order valence-corrected chi connectivity index (χ4v) is 6.84. The van der Waals surface area contributed by atoms with Gasteiger partial charge in [-0.3, -0.25) is 9.78 Å². The van der Waals surface area contributed by atoms with Crippen molar-refractivity contribution in [2.24, 2.45) is 0 Å². The first-order valence-corrected chi connectivity index (χ1v) is 14.8. The van der Waals surface area contributed by atoms with Gasteiger partial charge in [-0.25, -0.2) is 4.98 Å². The molecule has 0 aliphatic carbocycles. The monoisotopic (exact) mass is 599 g/mol. The summed E-state index contributed by atoms with van der Waals surface area (Å²) in [6.45, 7) is 4.89. The van der Waals surface area contributed by atoms with E-state index in [2.05, 4.69) is 16.4 Å². The Morgan fingerprint density at radius 3 is 2.71 bits per heavy atom. The van der Waals surface area contributed by atoms with Crippen molar-refractivity contribution in [3.63, 3.8) is 0 Å². The number of anilines is 1. The summed E-state index contributed by atoms with van der Waals surface area (Å²) in [4.78, 5) is 26.8. The van der Waals surface area contributed by atoms with Crippen molar-refractivity contribution in [1.29, 1.82) is 0 Å². The van der Waals surface area contributed by atoms with Crippen LogP contribution in [-0.2, 0) is 22.9 Å². The van der Waals surface area contributed by atoms with Crippen LogP contribution in [0.3, 0.4) is 0 Å². The van der Waals surface area contributed by atoms with Gasteiger partial charge >= 0.3 is 6.18 Å². The Labute approximate surface area is 248 Å². The average Bonchev–Trinajstić information content (AvgIpc) is 3.52. The third-order valence-electron chi connectivity index (χ3n) is 8.70. The lowest BCUT2D eigenvalue weighted by Crippen LogP contribution is -2.56. The molecule has 1 spiro atoms. The molecule has 2 aromatic heterocycles. The highest BCUT2D eigenvalue weighted by Crippen LogP contribution is 2.45. The van der Waals surface area contributed by atoms with Crippen LogP contribution in [-0.4, -0.2) is 59.6 Å². The molecule has 1 N–H and O–H groups in total. The molecule has 1 amide bonds. The molecule has 7 nitrogen and oxygen atoms in total. The van der Waals surface area contributed by atoms with Crippen molar-refractivity contribution in [2.75, 3.05) is 37.7 Å². The van der Waals surface area contributed by atoms with Gasteiger partial charge in [0, 0.05) is 42.0 Å². The van der Waals surface area contributed by atoms with Crippen molar-refractivity contribution >= 4 is 23.2 Å². The molecule has 42 heavy (non-hydrogen) atoms. The van der Waals surface area contributed by atoms with E-state index in [9.17, 15) is 18.0 Å². The number of fused-ring (bicyclic) bond motifs is 2. The standard InChI is InChI=1S/C31H33ClF3N5O2/c1-2-42-28-21(5-3-14-37-28)24-9-8-22-26(38-24)18-40(29(41)25-6-4-13-36-25)19-30(22)11-15-39(16-12-30)27-10-7-20(32)17-23(27)31(33,34)35/h3,5,7-10,14,17,25,36H,2,4,6,11-13,15-16,18-19H2,1H3/t25-/m1/s1. The second-order valence-electron chi connectivity index (χ2n) is 11.2. The smallest absolute Gasteiger partial charge is 0.418 e. The first-order chi connectivity index (χ1) is 20.2. The van der Waals surface area contributed by atoms with E-state index in [-0.39, 0.29) is 22.7 Å². The minimum atomic E-state index is -4.52. The van der Waals surface area contributed by atoms with Gasteiger partial charge in [0.25, 0.3) is 0 Å². The molecule has 2 saturated heterocycles. The number of benzene rings is 1. The van der Waals surface area contributed by atoms with E-state index >= 15 is 0 Å². The van der Waals surface area contributed by atoms with E-state index in [1.807, 2.05) is 30.0 Å². The largest absolute Gasteiger partial charge is 0.477 e. The zero-order valence-corrected chi connectivity index (χ0v) is 24.1. The lowest BCUT2D eigenvalue weighted by Gasteiger charge is -2.49. The van der Waals surface area contributed by atoms with E-state index in [1.165, 1.54) is 12.1 Å². The molecule has 2 fully saturated rings. The minimum Gasteiger partial charge on any atom is -0.477 e. The van der Waals surface area contributed by atoms with Crippen LogP contribution in [0.4, 0.5) is 18.9 Å². The highest BCUT2D eigenvalue weighted by Gasteiger charge is 2.46. The predicted molar refractivity (Wildman–Crippen MR) is 155 cm³/mol. The van der Waals surface area contributed by atoms with Gasteiger partial charge in [0.1, 0.15) is 0 Å². The fourth-order valence-electron chi connectivity index (χ4n) is 6.67. The number of alkyl halides is 3. The molecule has 0 saturated carbocycles. The molecule has 0 bridgehead atoms. The zero-order valence-electron chi connectivity index (χ0n) is 23.4. The van der Waals surface area contributed by atoms with Crippen LogP contribution in [0.25, 0.3) is 11.3 Å². The number of nitrogens with zero attached hydrogens (tertiary/aromatic N) is 4. The number of piperidine rings is 1. The summed E-state index contributed by atoms with van der Waals surface area (Å²) in [5.41, 5.74) is 2.33. The number of hydrogen-bond acceptors (Lipinski definition) is 6. The number of amides is 1. The Bertz CT molecular complexity index is 1470. The van der Waals surface area contributed by atoms with E-state index in [0.717, 1.165) is 42.3 Å². The van der Waals surface area contributed by atoms with E-state index in [0.29, 0.717) is 57.2 Å². The maximum atomic E-state index is 13.9. The molecule has 3 aromatic rings. The van der Waals surface area contributed by atoms with Gasteiger partial charge in [0.15, 0.2) is 0 Å². The molecule has 6 rings (SSSR count). The molecule has 222 valence electrons. The number of carbonyl (C=O) groups is 1. The number of carbonyl (C=O) groups excluding carboxylic acids is 1. The number of aromatic nitrogens is 2.